The molecule has 86 valence electrons. The summed E-state index contributed by atoms with van der Waals surface area (Å²) in [5.74, 6) is 0.843. The highest BCUT2D eigenvalue weighted by Gasteiger charge is 2.06. The summed E-state index contributed by atoms with van der Waals surface area (Å²) in [5, 5.41) is 12.7. The molecule has 0 amide bonds. The molecule has 6 heteroatoms. The SMILES string of the molecule is CCn1cc(Oc2ncc(C#N)cc2N)cn1. The average molecular weight is 229 g/mol. The van der Waals surface area contributed by atoms with Crippen molar-refractivity contribution in [1.82, 2.24) is 14.8 Å². The lowest BCUT2D eigenvalue weighted by Gasteiger charge is -2.04. The van der Waals surface area contributed by atoms with Crippen LogP contribution in [0.4, 0.5) is 5.69 Å². The van der Waals surface area contributed by atoms with Crippen LogP contribution in [0.25, 0.3) is 0 Å². The van der Waals surface area contributed by atoms with Gasteiger partial charge in [-0.25, -0.2) is 4.98 Å². The number of hydrogen-bond donors (Lipinski definition) is 1. The Bertz CT molecular complexity index is 569. The van der Waals surface area contributed by atoms with Crippen molar-refractivity contribution >= 4 is 5.69 Å². The van der Waals surface area contributed by atoms with Gasteiger partial charge in [-0.1, -0.05) is 0 Å². The lowest BCUT2D eigenvalue weighted by Crippen LogP contribution is -1.95. The minimum absolute atomic E-state index is 0.277. The Morgan fingerprint density at radius 1 is 1.53 bits per heavy atom. The van der Waals surface area contributed by atoms with Gasteiger partial charge in [-0.15, -0.1) is 0 Å². The van der Waals surface area contributed by atoms with Crippen molar-refractivity contribution in [3.05, 3.63) is 30.2 Å². The molecule has 0 atom stereocenters. The van der Waals surface area contributed by atoms with Gasteiger partial charge in [0.05, 0.1) is 23.6 Å². The Hall–Kier alpha value is -2.55. The van der Waals surface area contributed by atoms with Gasteiger partial charge in [0.15, 0.2) is 5.75 Å². The van der Waals surface area contributed by atoms with Crippen LogP contribution in [-0.4, -0.2) is 14.8 Å². The number of nitrogen functional groups attached to an aromatic ring is 1. The van der Waals surface area contributed by atoms with E-state index in [1.165, 1.54) is 12.3 Å². The molecule has 0 aromatic carbocycles. The molecule has 0 bridgehead atoms. The monoisotopic (exact) mass is 229 g/mol. The van der Waals surface area contributed by atoms with Gasteiger partial charge < -0.3 is 10.5 Å². The molecule has 6 nitrogen and oxygen atoms in total. The molecule has 0 radical (unpaired) electrons. The number of hydrogen-bond acceptors (Lipinski definition) is 5. The normalized spacial score (nSPS) is 9.88. The van der Waals surface area contributed by atoms with E-state index >= 15 is 0 Å². The fraction of sp³-hybridized carbons (Fsp3) is 0.182. The van der Waals surface area contributed by atoms with Crippen LogP contribution in [0, 0.1) is 11.3 Å². The largest absolute Gasteiger partial charge is 0.434 e. The van der Waals surface area contributed by atoms with Crippen LogP contribution in [0.5, 0.6) is 11.6 Å². The van der Waals surface area contributed by atoms with E-state index < -0.39 is 0 Å². The average Bonchev–Trinajstić information content (AvgIpc) is 2.79. The molecule has 0 aliphatic carbocycles. The Balaban J connectivity index is 2.21. The van der Waals surface area contributed by atoms with E-state index in [9.17, 15) is 0 Å². The molecule has 2 heterocycles. The van der Waals surface area contributed by atoms with E-state index in [1.807, 2.05) is 13.0 Å². The van der Waals surface area contributed by atoms with Crippen molar-refractivity contribution in [3.63, 3.8) is 0 Å². The second-order valence-electron chi connectivity index (χ2n) is 3.36. The summed E-state index contributed by atoms with van der Waals surface area (Å²) in [5.41, 5.74) is 6.45. The molecule has 0 fully saturated rings. The standard InChI is InChI=1S/C11H11N5O/c1-2-16-7-9(6-15-16)17-11-10(13)3-8(4-12)5-14-11/h3,5-7H,2,13H2,1H3. The molecule has 0 aliphatic rings. The highest BCUT2D eigenvalue weighted by Crippen LogP contribution is 2.24. The van der Waals surface area contributed by atoms with Crippen LogP contribution in [0.3, 0.4) is 0 Å². The predicted molar refractivity (Wildman–Crippen MR) is 61.3 cm³/mol. The van der Waals surface area contributed by atoms with E-state index in [-0.39, 0.29) is 5.88 Å². The lowest BCUT2D eigenvalue weighted by atomic mass is 10.3. The van der Waals surface area contributed by atoms with Crippen molar-refractivity contribution in [2.75, 3.05) is 5.73 Å². The molecular weight excluding hydrogens is 218 g/mol. The molecule has 0 unspecified atom stereocenters. The van der Waals surface area contributed by atoms with Crippen LogP contribution in [0.1, 0.15) is 12.5 Å². The number of rotatable bonds is 3. The highest BCUT2D eigenvalue weighted by atomic mass is 16.5. The zero-order chi connectivity index (χ0) is 12.3. The third-order valence-corrected chi connectivity index (χ3v) is 2.16. The molecule has 2 rings (SSSR count). The summed E-state index contributed by atoms with van der Waals surface area (Å²) in [6, 6.07) is 3.48. The smallest absolute Gasteiger partial charge is 0.242 e. The zero-order valence-electron chi connectivity index (χ0n) is 9.29. The maximum Gasteiger partial charge on any atom is 0.242 e. The maximum absolute atomic E-state index is 8.68. The summed E-state index contributed by atoms with van der Waals surface area (Å²) in [7, 11) is 0. The number of nitriles is 1. The molecular formula is C11H11N5O. The number of ether oxygens (including phenoxy) is 1. The zero-order valence-corrected chi connectivity index (χ0v) is 9.29. The fourth-order valence-corrected chi connectivity index (χ4v) is 1.30. The molecule has 0 spiro atoms. The van der Waals surface area contributed by atoms with Gasteiger partial charge in [0, 0.05) is 12.7 Å². The summed E-state index contributed by atoms with van der Waals surface area (Å²) in [6.07, 6.45) is 4.75. The van der Waals surface area contributed by atoms with Crippen LogP contribution >= 0.6 is 0 Å². The van der Waals surface area contributed by atoms with Crippen LogP contribution in [0.15, 0.2) is 24.7 Å². The fourth-order valence-electron chi connectivity index (χ4n) is 1.30. The molecule has 2 aromatic heterocycles. The van der Waals surface area contributed by atoms with Gasteiger partial charge in [-0.05, 0) is 13.0 Å². The summed E-state index contributed by atoms with van der Waals surface area (Å²) in [4.78, 5) is 3.97. The number of aryl methyl sites for hydroxylation is 1. The Labute approximate surface area is 98.3 Å². The second-order valence-corrected chi connectivity index (χ2v) is 3.36. The third kappa shape index (κ3) is 2.34. The Kier molecular flexibility index (Phi) is 2.92. The van der Waals surface area contributed by atoms with Gasteiger partial charge in [-0.2, -0.15) is 10.4 Å². The van der Waals surface area contributed by atoms with Crippen molar-refractivity contribution < 1.29 is 4.74 Å². The summed E-state index contributed by atoms with van der Waals surface area (Å²) >= 11 is 0. The van der Waals surface area contributed by atoms with Crippen molar-refractivity contribution in [2.45, 2.75) is 13.5 Å². The van der Waals surface area contributed by atoms with Crippen LogP contribution in [-0.2, 0) is 6.54 Å². The Morgan fingerprint density at radius 3 is 2.94 bits per heavy atom. The molecule has 17 heavy (non-hydrogen) atoms. The van der Waals surface area contributed by atoms with Gasteiger partial charge >= 0.3 is 0 Å². The van der Waals surface area contributed by atoms with Gasteiger partial charge in [0.2, 0.25) is 5.88 Å². The first-order chi connectivity index (χ1) is 8.22. The van der Waals surface area contributed by atoms with Crippen molar-refractivity contribution in [1.29, 1.82) is 5.26 Å². The highest BCUT2D eigenvalue weighted by molar-refractivity contribution is 5.53. The summed E-state index contributed by atoms with van der Waals surface area (Å²) in [6.45, 7) is 2.74. The van der Waals surface area contributed by atoms with Gasteiger partial charge in [0.1, 0.15) is 6.07 Å². The number of pyridine rings is 1. The predicted octanol–water partition coefficient (Wildman–Crippen LogP) is 1.54. The Morgan fingerprint density at radius 2 is 2.35 bits per heavy atom. The molecule has 2 N–H and O–H groups in total. The molecule has 0 saturated carbocycles. The second kappa shape index (κ2) is 4.53. The number of nitrogens with two attached hydrogens (primary N) is 1. The van der Waals surface area contributed by atoms with E-state index in [2.05, 4.69) is 10.1 Å². The molecule has 2 aromatic rings. The topological polar surface area (TPSA) is 89.8 Å². The number of aromatic nitrogens is 3. The quantitative estimate of drug-likeness (QED) is 0.862. The van der Waals surface area contributed by atoms with E-state index in [4.69, 9.17) is 15.7 Å². The first-order valence-corrected chi connectivity index (χ1v) is 5.09. The van der Waals surface area contributed by atoms with Crippen molar-refractivity contribution in [3.8, 4) is 17.7 Å². The summed E-state index contributed by atoms with van der Waals surface area (Å²) < 4.78 is 7.19. The molecule has 0 saturated heterocycles. The van der Waals surface area contributed by atoms with E-state index in [1.54, 1.807) is 17.1 Å². The first kappa shape index (κ1) is 11.0. The minimum Gasteiger partial charge on any atom is -0.434 e. The minimum atomic E-state index is 0.277. The first-order valence-electron chi connectivity index (χ1n) is 5.09. The van der Waals surface area contributed by atoms with Crippen LogP contribution in [0.2, 0.25) is 0 Å². The van der Waals surface area contributed by atoms with Crippen molar-refractivity contribution in [2.24, 2.45) is 0 Å². The van der Waals surface area contributed by atoms with E-state index in [0.717, 1.165) is 6.54 Å². The number of nitrogens with zero attached hydrogens (tertiary/aromatic N) is 4. The van der Waals surface area contributed by atoms with Gasteiger partial charge in [-0.3, -0.25) is 4.68 Å². The number of anilines is 1. The van der Waals surface area contributed by atoms with Crippen LogP contribution < -0.4 is 10.5 Å². The van der Waals surface area contributed by atoms with E-state index in [0.29, 0.717) is 17.0 Å². The van der Waals surface area contributed by atoms with Gasteiger partial charge in [0.25, 0.3) is 0 Å². The molecule has 0 aliphatic heterocycles. The maximum atomic E-state index is 8.68. The third-order valence-electron chi connectivity index (χ3n) is 2.16. The lowest BCUT2D eigenvalue weighted by molar-refractivity contribution is 0.464.